The molecule has 0 aliphatic rings. The second-order valence-electron chi connectivity index (χ2n) is 5.84. The summed E-state index contributed by atoms with van der Waals surface area (Å²) < 4.78 is 5.19. The summed E-state index contributed by atoms with van der Waals surface area (Å²) >= 11 is 0. The van der Waals surface area contributed by atoms with Crippen molar-refractivity contribution in [3.8, 4) is 17.2 Å². The Balaban J connectivity index is 2.06. The van der Waals surface area contributed by atoms with Crippen LogP contribution < -0.4 is 10.1 Å². The summed E-state index contributed by atoms with van der Waals surface area (Å²) in [7, 11) is 0. The van der Waals surface area contributed by atoms with Crippen LogP contribution in [0.1, 0.15) is 58.3 Å². The second-order valence-corrected chi connectivity index (χ2v) is 5.84. The maximum Gasteiger partial charge on any atom is 0.247 e. The van der Waals surface area contributed by atoms with Gasteiger partial charge in [0.2, 0.25) is 5.91 Å². The molecule has 0 heterocycles. The Morgan fingerprint density at radius 2 is 1.71 bits per heavy atom. The quantitative estimate of drug-likeness (QED) is 0.231. The van der Waals surface area contributed by atoms with E-state index in [-0.39, 0.29) is 17.4 Å². The van der Waals surface area contributed by atoms with Crippen LogP contribution in [-0.2, 0) is 4.79 Å². The van der Waals surface area contributed by atoms with E-state index >= 15 is 0 Å². The molecule has 24 heavy (non-hydrogen) atoms. The van der Waals surface area contributed by atoms with Crippen molar-refractivity contribution in [3.05, 3.63) is 30.5 Å². The number of unbranched alkanes of at least 4 members (excludes halogenated alkanes) is 7. The van der Waals surface area contributed by atoms with E-state index in [1.807, 2.05) is 0 Å². The Bertz CT molecular complexity index is 514. The molecule has 1 amide bonds. The first kappa shape index (κ1) is 19.9. The highest BCUT2D eigenvalue weighted by atomic mass is 16.5. The van der Waals surface area contributed by atoms with E-state index in [0.29, 0.717) is 12.3 Å². The standard InChI is InChI=1S/C19H29NO4/c1-2-3-4-5-6-7-8-9-13-20-19(23)12-14-24-16-10-11-17(21)18(22)15-16/h10-12,14-15,21-22H,2-9,13H2,1H3,(H,20,23)/b14-12+. The Kier molecular flexibility index (Phi) is 10.2. The molecular weight excluding hydrogens is 306 g/mol. The van der Waals surface area contributed by atoms with Gasteiger partial charge in [0.25, 0.3) is 0 Å². The Morgan fingerprint density at radius 1 is 1.04 bits per heavy atom. The van der Waals surface area contributed by atoms with Gasteiger partial charge in [-0.3, -0.25) is 4.79 Å². The fraction of sp³-hybridized carbons (Fsp3) is 0.526. The van der Waals surface area contributed by atoms with E-state index in [1.165, 1.54) is 69.1 Å². The largest absolute Gasteiger partial charge is 0.504 e. The zero-order valence-electron chi connectivity index (χ0n) is 14.5. The molecule has 5 heteroatoms. The van der Waals surface area contributed by atoms with Crippen LogP contribution in [0.4, 0.5) is 0 Å². The minimum Gasteiger partial charge on any atom is -0.504 e. The van der Waals surface area contributed by atoms with Crippen LogP contribution >= 0.6 is 0 Å². The molecule has 0 unspecified atom stereocenters. The lowest BCUT2D eigenvalue weighted by molar-refractivity contribution is -0.116. The average Bonchev–Trinajstić information content (AvgIpc) is 2.56. The third-order valence-corrected chi connectivity index (χ3v) is 3.70. The van der Waals surface area contributed by atoms with Gasteiger partial charge < -0.3 is 20.3 Å². The van der Waals surface area contributed by atoms with Gasteiger partial charge in [0, 0.05) is 18.7 Å². The fourth-order valence-corrected chi connectivity index (χ4v) is 2.28. The molecule has 0 saturated heterocycles. The predicted octanol–water partition coefficient (Wildman–Crippen LogP) is 4.25. The highest BCUT2D eigenvalue weighted by Crippen LogP contribution is 2.28. The first-order chi connectivity index (χ1) is 11.6. The van der Waals surface area contributed by atoms with E-state index in [2.05, 4.69) is 12.2 Å². The molecule has 5 nitrogen and oxygen atoms in total. The summed E-state index contributed by atoms with van der Waals surface area (Å²) in [5, 5.41) is 21.3. The number of benzene rings is 1. The minimum absolute atomic E-state index is 0.207. The molecule has 0 aliphatic carbocycles. The highest BCUT2D eigenvalue weighted by Gasteiger charge is 2.00. The lowest BCUT2D eigenvalue weighted by Gasteiger charge is -2.04. The molecule has 0 fully saturated rings. The zero-order valence-corrected chi connectivity index (χ0v) is 14.5. The summed E-state index contributed by atoms with van der Waals surface area (Å²) in [6.45, 7) is 2.88. The average molecular weight is 335 g/mol. The molecule has 1 rings (SSSR count). The molecule has 1 aromatic rings. The number of nitrogens with one attached hydrogen (secondary N) is 1. The molecule has 0 aromatic heterocycles. The van der Waals surface area contributed by atoms with Gasteiger partial charge in [0.15, 0.2) is 11.5 Å². The lowest BCUT2D eigenvalue weighted by atomic mass is 10.1. The number of aromatic hydroxyl groups is 2. The van der Waals surface area contributed by atoms with Gasteiger partial charge in [0.1, 0.15) is 5.75 Å². The van der Waals surface area contributed by atoms with Crippen molar-refractivity contribution < 1.29 is 19.7 Å². The molecular formula is C19H29NO4. The number of carbonyl (C=O) groups excluding carboxylic acids is 1. The molecule has 1 aromatic carbocycles. The third-order valence-electron chi connectivity index (χ3n) is 3.70. The first-order valence-electron chi connectivity index (χ1n) is 8.76. The van der Waals surface area contributed by atoms with Crippen LogP contribution in [0.2, 0.25) is 0 Å². The van der Waals surface area contributed by atoms with Gasteiger partial charge in [0.05, 0.1) is 6.26 Å². The van der Waals surface area contributed by atoms with Crippen LogP contribution in [0.5, 0.6) is 17.2 Å². The van der Waals surface area contributed by atoms with Crippen molar-refractivity contribution in [1.29, 1.82) is 0 Å². The van der Waals surface area contributed by atoms with Crippen LogP contribution in [-0.4, -0.2) is 22.7 Å². The van der Waals surface area contributed by atoms with Crippen molar-refractivity contribution in [2.75, 3.05) is 6.54 Å². The van der Waals surface area contributed by atoms with E-state index in [9.17, 15) is 15.0 Å². The van der Waals surface area contributed by atoms with Gasteiger partial charge in [-0.1, -0.05) is 51.9 Å². The Labute approximate surface area is 144 Å². The fourth-order valence-electron chi connectivity index (χ4n) is 2.28. The number of hydrogen-bond donors (Lipinski definition) is 3. The minimum atomic E-state index is -0.264. The van der Waals surface area contributed by atoms with Crippen molar-refractivity contribution in [3.63, 3.8) is 0 Å². The molecule has 0 spiro atoms. The third kappa shape index (κ3) is 9.08. The first-order valence-corrected chi connectivity index (χ1v) is 8.76. The summed E-state index contributed by atoms with van der Waals surface area (Å²) in [5.74, 6) is -0.340. The lowest BCUT2D eigenvalue weighted by Crippen LogP contribution is -2.22. The smallest absolute Gasteiger partial charge is 0.247 e. The second kappa shape index (κ2) is 12.3. The topological polar surface area (TPSA) is 78.8 Å². The van der Waals surface area contributed by atoms with E-state index in [4.69, 9.17) is 4.74 Å². The summed E-state index contributed by atoms with van der Waals surface area (Å²) in [5.41, 5.74) is 0. The van der Waals surface area contributed by atoms with Crippen LogP contribution in [0, 0.1) is 0 Å². The number of amides is 1. The van der Waals surface area contributed by atoms with Gasteiger partial charge in [-0.15, -0.1) is 0 Å². The van der Waals surface area contributed by atoms with Crippen molar-refractivity contribution >= 4 is 5.91 Å². The molecule has 0 radical (unpaired) electrons. The van der Waals surface area contributed by atoms with E-state index in [1.54, 1.807) is 0 Å². The summed E-state index contributed by atoms with van der Waals surface area (Å²) in [4.78, 5) is 11.6. The Morgan fingerprint density at radius 3 is 2.38 bits per heavy atom. The monoisotopic (exact) mass is 335 g/mol. The van der Waals surface area contributed by atoms with Crippen LogP contribution in [0.25, 0.3) is 0 Å². The maximum absolute atomic E-state index is 11.6. The Hall–Kier alpha value is -2.17. The molecule has 3 N–H and O–H groups in total. The number of ether oxygens (including phenoxy) is 1. The van der Waals surface area contributed by atoms with Crippen LogP contribution in [0.15, 0.2) is 30.5 Å². The number of phenols is 2. The van der Waals surface area contributed by atoms with Crippen molar-refractivity contribution in [1.82, 2.24) is 5.32 Å². The van der Waals surface area contributed by atoms with Crippen molar-refractivity contribution in [2.24, 2.45) is 0 Å². The molecule has 0 bridgehead atoms. The van der Waals surface area contributed by atoms with Crippen molar-refractivity contribution in [2.45, 2.75) is 58.3 Å². The van der Waals surface area contributed by atoms with E-state index < -0.39 is 0 Å². The molecule has 0 aliphatic heterocycles. The highest BCUT2D eigenvalue weighted by molar-refractivity contribution is 5.87. The summed E-state index contributed by atoms with van der Waals surface area (Å²) in [6.07, 6.45) is 12.4. The van der Waals surface area contributed by atoms with Crippen LogP contribution in [0.3, 0.4) is 0 Å². The zero-order chi connectivity index (χ0) is 17.6. The number of rotatable bonds is 12. The van der Waals surface area contributed by atoms with Gasteiger partial charge >= 0.3 is 0 Å². The number of hydrogen-bond acceptors (Lipinski definition) is 4. The maximum atomic E-state index is 11.6. The number of carbonyl (C=O) groups is 1. The van der Waals surface area contributed by atoms with Gasteiger partial charge in [-0.2, -0.15) is 0 Å². The van der Waals surface area contributed by atoms with Gasteiger partial charge in [-0.25, -0.2) is 0 Å². The number of phenolic OH excluding ortho intramolecular Hbond substituents is 2. The molecule has 0 saturated carbocycles. The predicted molar refractivity (Wildman–Crippen MR) is 95.2 cm³/mol. The summed E-state index contributed by atoms with van der Waals surface area (Å²) in [6, 6.07) is 4.09. The van der Waals surface area contributed by atoms with Gasteiger partial charge in [-0.05, 0) is 18.6 Å². The van der Waals surface area contributed by atoms with E-state index in [0.717, 1.165) is 12.8 Å². The molecule has 0 atom stereocenters. The molecule has 134 valence electrons. The SMILES string of the molecule is CCCCCCCCCCNC(=O)/C=C/Oc1ccc(O)c(O)c1. The normalized spacial score (nSPS) is 10.9.